The smallest absolute Gasteiger partial charge is 0.234 e. The van der Waals surface area contributed by atoms with E-state index in [-0.39, 0.29) is 5.91 Å². The van der Waals surface area contributed by atoms with E-state index < -0.39 is 0 Å². The van der Waals surface area contributed by atoms with Crippen molar-refractivity contribution in [1.82, 2.24) is 15.2 Å². The minimum atomic E-state index is 0.0846. The van der Waals surface area contributed by atoms with Gasteiger partial charge in [0.05, 0.1) is 36.9 Å². The van der Waals surface area contributed by atoms with Gasteiger partial charge in [-0.25, -0.2) is 0 Å². The second kappa shape index (κ2) is 10.3. The number of fused-ring (bicyclic) bond motifs is 4. The Morgan fingerprint density at radius 2 is 2.11 bits per heavy atom. The van der Waals surface area contributed by atoms with E-state index in [0.29, 0.717) is 17.7 Å². The number of rotatable bonds is 6. The van der Waals surface area contributed by atoms with Gasteiger partial charge in [-0.15, -0.1) is 11.8 Å². The minimum Gasteiger partial charge on any atom is -0.497 e. The summed E-state index contributed by atoms with van der Waals surface area (Å²) in [6.07, 6.45) is 5.16. The Hall–Kier alpha value is -2.81. The largest absolute Gasteiger partial charge is 0.497 e. The number of thioether (sulfide) groups is 1. The number of aromatic nitrogens is 1. The minimum absolute atomic E-state index is 0.0846. The van der Waals surface area contributed by atoms with Gasteiger partial charge in [0.15, 0.2) is 0 Å². The number of carbonyl (C=O) groups excluding carboxylic acids is 1. The zero-order chi connectivity index (χ0) is 24.5. The molecule has 0 bridgehead atoms. The number of carbonyl (C=O) groups is 1. The molecule has 8 heteroatoms. The molecular formula is C28H32N4O3S. The molecule has 188 valence electrons. The number of anilines is 1. The van der Waals surface area contributed by atoms with Crippen LogP contribution < -0.4 is 20.1 Å². The lowest BCUT2D eigenvalue weighted by Gasteiger charge is -2.36. The van der Waals surface area contributed by atoms with Gasteiger partial charge in [0.1, 0.15) is 11.5 Å². The van der Waals surface area contributed by atoms with Crippen LogP contribution in [0.2, 0.25) is 0 Å². The first kappa shape index (κ1) is 23.6. The Labute approximate surface area is 215 Å². The summed E-state index contributed by atoms with van der Waals surface area (Å²) in [6, 6.07) is 13.0. The van der Waals surface area contributed by atoms with Crippen LogP contribution in [0.5, 0.6) is 11.5 Å². The van der Waals surface area contributed by atoms with Crippen LogP contribution >= 0.6 is 11.8 Å². The number of ether oxygens (including phenoxy) is 2. The topological polar surface area (TPSA) is 75.7 Å². The highest BCUT2D eigenvalue weighted by atomic mass is 32.2. The number of hydrogen-bond donors (Lipinski definition) is 2. The number of nitrogens with one attached hydrogen (secondary N) is 2. The summed E-state index contributed by atoms with van der Waals surface area (Å²) >= 11 is 1.61. The fourth-order valence-electron chi connectivity index (χ4n) is 5.53. The molecule has 4 heterocycles. The highest BCUT2D eigenvalue weighted by Gasteiger charge is 2.27. The fourth-order valence-corrected chi connectivity index (χ4v) is 6.32. The molecule has 1 unspecified atom stereocenters. The van der Waals surface area contributed by atoms with E-state index >= 15 is 0 Å². The summed E-state index contributed by atoms with van der Waals surface area (Å²) in [5.41, 5.74) is 4.41. The zero-order valence-electron chi connectivity index (χ0n) is 20.6. The Kier molecular flexibility index (Phi) is 6.73. The third-order valence-corrected chi connectivity index (χ3v) is 8.56. The Morgan fingerprint density at radius 3 is 2.97 bits per heavy atom. The monoisotopic (exact) mass is 504 g/mol. The van der Waals surface area contributed by atoms with Crippen LogP contribution in [0.3, 0.4) is 0 Å². The van der Waals surface area contributed by atoms with E-state index in [4.69, 9.17) is 9.47 Å². The third kappa shape index (κ3) is 5.03. The molecule has 3 aromatic rings. The number of benzene rings is 2. The molecule has 36 heavy (non-hydrogen) atoms. The average Bonchev–Trinajstić information content (AvgIpc) is 2.92. The second-order valence-electron chi connectivity index (χ2n) is 9.99. The molecule has 6 rings (SSSR count). The lowest BCUT2D eigenvalue weighted by Crippen LogP contribution is -2.45. The molecule has 7 nitrogen and oxygen atoms in total. The maximum absolute atomic E-state index is 11.7. The normalized spacial score (nSPS) is 20.4. The first-order chi connectivity index (χ1) is 17.6. The van der Waals surface area contributed by atoms with E-state index in [9.17, 15) is 4.79 Å². The highest BCUT2D eigenvalue weighted by Crippen LogP contribution is 2.35. The molecule has 3 aliphatic heterocycles. The van der Waals surface area contributed by atoms with E-state index in [1.165, 1.54) is 11.1 Å². The highest BCUT2D eigenvalue weighted by molar-refractivity contribution is 8.00. The summed E-state index contributed by atoms with van der Waals surface area (Å²) in [7, 11) is 1.70. The molecule has 2 aromatic carbocycles. The summed E-state index contributed by atoms with van der Waals surface area (Å²) in [5.74, 6) is 2.83. The first-order valence-corrected chi connectivity index (χ1v) is 13.7. The number of likely N-dealkylation sites (tertiary alicyclic amines) is 1. The van der Waals surface area contributed by atoms with Crippen LogP contribution in [-0.4, -0.2) is 60.9 Å². The number of pyridine rings is 1. The van der Waals surface area contributed by atoms with Crippen molar-refractivity contribution < 1.29 is 14.3 Å². The van der Waals surface area contributed by atoms with Crippen LogP contribution in [0, 0.1) is 5.92 Å². The maximum atomic E-state index is 11.7. The third-order valence-electron chi connectivity index (χ3n) is 7.49. The van der Waals surface area contributed by atoms with E-state index in [2.05, 4.69) is 44.8 Å². The van der Waals surface area contributed by atoms with Gasteiger partial charge in [0, 0.05) is 40.9 Å². The van der Waals surface area contributed by atoms with Crippen LogP contribution in [0.25, 0.3) is 10.9 Å². The van der Waals surface area contributed by atoms with Gasteiger partial charge in [0.2, 0.25) is 5.91 Å². The van der Waals surface area contributed by atoms with Gasteiger partial charge in [0.25, 0.3) is 0 Å². The fraction of sp³-hybridized carbons (Fsp3) is 0.429. The molecule has 2 N–H and O–H groups in total. The molecule has 1 aromatic heterocycles. The van der Waals surface area contributed by atoms with Gasteiger partial charge in [-0.05, 0) is 68.2 Å². The number of methoxy groups -OCH3 is 1. The molecule has 0 radical (unpaired) electrons. The molecule has 1 amide bonds. The first-order valence-electron chi connectivity index (χ1n) is 12.7. The molecule has 0 spiro atoms. The molecule has 1 saturated heterocycles. The molecule has 0 saturated carbocycles. The molecular weight excluding hydrogens is 472 g/mol. The Morgan fingerprint density at radius 1 is 1.22 bits per heavy atom. The van der Waals surface area contributed by atoms with E-state index in [1.54, 1.807) is 18.9 Å². The maximum Gasteiger partial charge on any atom is 0.234 e. The second-order valence-corrected chi connectivity index (χ2v) is 11.0. The van der Waals surface area contributed by atoms with E-state index in [1.807, 2.05) is 18.3 Å². The van der Waals surface area contributed by atoms with Gasteiger partial charge < -0.3 is 25.0 Å². The van der Waals surface area contributed by atoms with Crippen LogP contribution in [-0.2, 0) is 17.8 Å². The number of nitrogens with zero attached hydrogens (tertiary/aromatic N) is 2. The number of hydrogen-bond acceptors (Lipinski definition) is 7. The van der Waals surface area contributed by atoms with Gasteiger partial charge in [-0.2, -0.15) is 0 Å². The predicted molar refractivity (Wildman–Crippen MR) is 143 cm³/mol. The molecule has 1 fully saturated rings. The van der Waals surface area contributed by atoms with Gasteiger partial charge >= 0.3 is 0 Å². The summed E-state index contributed by atoms with van der Waals surface area (Å²) in [6.45, 7) is 4.83. The quantitative estimate of drug-likeness (QED) is 0.524. The lowest BCUT2D eigenvalue weighted by atomic mass is 9.93. The summed E-state index contributed by atoms with van der Waals surface area (Å²) in [4.78, 5) is 20.0. The molecule has 1 atom stereocenters. The Bertz CT molecular complexity index is 1270. The zero-order valence-corrected chi connectivity index (χ0v) is 21.4. The van der Waals surface area contributed by atoms with Crippen molar-refractivity contribution in [3.05, 3.63) is 53.7 Å². The van der Waals surface area contributed by atoms with E-state index in [0.717, 1.165) is 85.0 Å². The standard InChI is InChI=1S/C28H32N4O3S/c1-34-21-3-4-24-22(12-21)23-10-19(16-35-26(23)14-30-24)15-32-8-6-20(7-9-32)29-13-18-2-5-27-25(11-18)31-28(33)17-36-27/h2-5,11-12,14,19-20,29H,6-10,13,15-17H2,1H3,(H,31,33). The summed E-state index contributed by atoms with van der Waals surface area (Å²) < 4.78 is 11.6. The predicted octanol–water partition coefficient (Wildman–Crippen LogP) is 4.09. The van der Waals surface area contributed by atoms with Gasteiger partial charge in [-0.3, -0.25) is 9.78 Å². The molecule has 0 aliphatic carbocycles. The molecule has 3 aliphatic rings. The van der Waals surface area contributed by atoms with Crippen molar-refractivity contribution in [2.24, 2.45) is 5.92 Å². The van der Waals surface area contributed by atoms with Crippen LogP contribution in [0.15, 0.2) is 47.5 Å². The Balaban J connectivity index is 1.02. The number of amides is 1. The average molecular weight is 505 g/mol. The van der Waals surface area contributed by atoms with Crippen molar-refractivity contribution in [3.63, 3.8) is 0 Å². The van der Waals surface area contributed by atoms with Crippen LogP contribution in [0.4, 0.5) is 5.69 Å². The van der Waals surface area contributed by atoms with Crippen molar-refractivity contribution >= 4 is 34.3 Å². The van der Waals surface area contributed by atoms with Crippen LogP contribution in [0.1, 0.15) is 24.0 Å². The van der Waals surface area contributed by atoms with Crippen molar-refractivity contribution in [1.29, 1.82) is 0 Å². The lowest BCUT2D eigenvalue weighted by molar-refractivity contribution is -0.113. The SMILES string of the molecule is COc1ccc2ncc3c(c2c1)CC(CN1CCC(NCc2ccc4c(c2)NC(=O)CS4)CC1)CO3. The van der Waals surface area contributed by atoms with Crippen molar-refractivity contribution in [3.8, 4) is 11.5 Å². The van der Waals surface area contributed by atoms with Crippen molar-refractivity contribution in [2.75, 3.05) is 44.4 Å². The summed E-state index contributed by atoms with van der Waals surface area (Å²) in [5, 5.41) is 7.86. The number of piperidine rings is 1. The van der Waals surface area contributed by atoms with Crippen molar-refractivity contribution in [2.45, 2.75) is 36.7 Å². The van der Waals surface area contributed by atoms with Gasteiger partial charge in [-0.1, -0.05) is 6.07 Å².